The van der Waals surface area contributed by atoms with E-state index in [0.717, 1.165) is 58.5 Å². The van der Waals surface area contributed by atoms with Crippen LogP contribution in [0.1, 0.15) is 25.7 Å². The van der Waals surface area contributed by atoms with Crippen molar-refractivity contribution in [3.8, 4) is 0 Å². The summed E-state index contributed by atoms with van der Waals surface area (Å²) in [6.07, 6.45) is 3.91. The van der Waals surface area contributed by atoms with Crippen molar-refractivity contribution < 1.29 is 19.4 Å². The van der Waals surface area contributed by atoms with E-state index in [9.17, 15) is 9.90 Å². The number of hydrogen-bond donors (Lipinski definition) is 1. The van der Waals surface area contributed by atoms with E-state index in [1.807, 2.05) is 11.9 Å². The minimum absolute atomic E-state index is 0.163. The Hall–Kier alpha value is -0.890. The number of urea groups is 1. The Kier molecular flexibility index (Phi) is 6.32. The highest BCUT2D eigenvalue weighted by molar-refractivity contribution is 5.76. The molecule has 0 spiro atoms. The van der Waals surface area contributed by atoms with Crippen molar-refractivity contribution in [2.24, 2.45) is 0 Å². The molecule has 0 aromatic heterocycles. The highest BCUT2D eigenvalue weighted by Gasteiger charge is 2.33. The maximum Gasteiger partial charge on any atom is 0.320 e. The zero-order valence-corrected chi connectivity index (χ0v) is 14.7. The first-order valence-electron chi connectivity index (χ1n) is 9.25. The van der Waals surface area contributed by atoms with Crippen LogP contribution in [-0.2, 0) is 9.47 Å². The number of ether oxygens (including phenoxy) is 2. The highest BCUT2D eigenvalue weighted by atomic mass is 16.5. The number of aliphatic hydroxyl groups excluding tert-OH is 1. The number of aliphatic hydroxyl groups is 1. The molecule has 3 rings (SSSR count). The quantitative estimate of drug-likeness (QED) is 0.725. The number of carbonyl (C=O) groups excluding carboxylic acids is 1. The minimum atomic E-state index is -0.456. The molecule has 0 radical (unpaired) electrons. The monoisotopic (exact) mass is 341 g/mol. The van der Waals surface area contributed by atoms with Gasteiger partial charge in [0.1, 0.15) is 0 Å². The standard InChI is InChI=1S/C17H31N3O4/c1-18-8-9-20(17(18)22)14-4-6-19(7-5-14)11-15(21)12-23-13-16-3-2-10-24-16/h14-16,21H,2-13H2,1H3. The number of nitrogens with zero attached hydrogens (tertiary/aromatic N) is 3. The van der Waals surface area contributed by atoms with Crippen molar-refractivity contribution in [2.75, 3.05) is 59.6 Å². The second-order valence-electron chi connectivity index (χ2n) is 7.26. The van der Waals surface area contributed by atoms with Gasteiger partial charge in [-0.1, -0.05) is 0 Å². The van der Waals surface area contributed by atoms with E-state index in [1.54, 1.807) is 4.90 Å². The van der Waals surface area contributed by atoms with Crippen LogP contribution < -0.4 is 0 Å². The predicted octanol–water partition coefficient (Wildman–Crippen LogP) is 0.375. The van der Waals surface area contributed by atoms with E-state index in [2.05, 4.69) is 4.90 Å². The van der Waals surface area contributed by atoms with Gasteiger partial charge in [-0.15, -0.1) is 0 Å². The number of carbonyl (C=O) groups is 1. The van der Waals surface area contributed by atoms with Crippen molar-refractivity contribution in [2.45, 2.75) is 43.9 Å². The molecule has 138 valence electrons. The topological polar surface area (TPSA) is 65.5 Å². The normalized spacial score (nSPS) is 28.1. The Bertz CT molecular complexity index is 409. The average molecular weight is 341 g/mol. The summed E-state index contributed by atoms with van der Waals surface area (Å²) in [4.78, 5) is 18.1. The van der Waals surface area contributed by atoms with Gasteiger partial charge >= 0.3 is 6.03 Å². The van der Waals surface area contributed by atoms with Crippen LogP contribution in [0, 0.1) is 0 Å². The molecule has 7 nitrogen and oxygen atoms in total. The maximum absolute atomic E-state index is 12.1. The second kappa shape index (κ2) is 8.47. The van der Waals surface area contributed by atoms with Gasteiger partial charge < -0.3 is 29.3 Å². The summed E-state index contributed by atoms with van der Waals surface area (Å²) in [5, 5.41) is 10.2. The zero-order valence-electron chi connectivity index (χ0n) is 14.7. The first kappa shape index (κ1) is 17.9. The average Bonchev–Trinajstić information content (AvgIpc) is 3.20. The Morgan fingerprint density at radius 2 is 2.04 bits per heavy atom. The first-order valence-corrected chi connectivity index (χ1v) is 9.25. The molecule has 2 amide bonds. The number of likely N-dealkylation sites (N-methyl/N-ethyl adjacent to an activating group) is 1. The third kappa shape index (κ3) is 4.59. The molecule has 1 N–H and O–H groups in total. The van der Waals surface area contributed by atoms with Gasteiger partial charge in [0, 0.05) is 52.4 Å². The fourth-order valence-electron chi connectivity index (χ4n) is 3.88. The summed E-state index contributed by atoms with van der Waals surface area (Å²) >= 11 is 0. The molecule has 3 aliphatic rings. The Morgan fingerprint density at radius 3 is 2.67 bits per heavy atom. The van der Waals surface area contributed by atoms with Gasteiger partial charge in [0.05, 0.1) is 25.4 Å². The summed E-state index contributed by atoms with van der Waals surface area (Å²) in [7, 11) is 1.87. The number of rotatable bonds is 7. The van der Waals surface area contributed by atoms with Gasteiger partial charge in [0.25, 0.3) is 0 Å². The maximum atomic E-state index is 12.1. The van der Waals surface area contributed by atoms with Crippen molar-refractivity contribution in [3.05, 3.63) is 0 Å². The number of piperidine rings is 1. The third-order valence-electron chi connectivity index (χ3n) is 5.35. The summed E-state index contributed by atoms with van der Waals surface area (Å²) in [6, 6.07) is 0.516. The van der Waals surface area contributed by atoms with Gasteiger partial charge in [0.2, 0.25) is 0 Å². The summed E-state index contributed by atoms with van der Waals surface area (Å²) in [5.41, 5.74) is 0. The molecule has 3 fully saturated rings. The summed E-state index contributed by atoms with van der Waals surface area (Å²) in [5.74, 6) is 0. The predicted molar refractivity (Wildman–Crippen MR) is 90.0 cm³/mol. The van der Waals surface area contributed by atoms with E-state index < -0.39 is 6.10 Å². The number of hydrogen-bond acceptors (Lipinski definition) is 5. The largest absolute Gasteiger partial charge is 0.389 e. The van der Waals surface area contributed by atoms with Crippen LogP contribution in [0.25, 0.3) is 0 Å². The lowest BCUT2D eigenvalue weighted by molar-refractivity contribution is -0.0277. The van der Waals surface area contributed by atoms with E-state index in [0.29, 0.717) is 25.8 Å². The number of amides is 2. The molecular formula is C17H31N3O4. The van der Waals surface area contributed by atoms with Crippen LogP contribution in [-0.4, -0.2) is 104 Å². The Balaban J connectivity index is 1.31. The van der Waals surface area contributed by atoms with E-state index in [-0.39, 0.29) is 12.1 Å². The molecule has 0 aliphatic carbocycles. The van der Waals surface area contributed by atoms with Crippen LogP contribution in [0.15, 0.2) is 0 Å². The summed E-state index contributed by atoms with van der Waals surface area (Å²) in [6.45, 7) is 5.98. The Labute approximate surface area is 144 Å². The molecule has 3 saturated heterocycles. The fourth-order valence-corrected chi connectivity index (χ4v) is 3.88. The molecule has 7 heteroatoms. The molecule has 0 aromatic carbocycles. The van der Waals surface area contributed by atoms with Crippen LogP contribution in [0.3, 0.4) is 0 Å². The Morgan fingerprint density at radius 1 is 1.25 bits per heavy atom. The van der Waals surface area contributed by atoms with Crippen molar-refractivity contribution in [1.29, 1.82) is 0 Å². The van der Waals surface area contributed by atoms with Crippen molar-refractivity contribution in [3.63, 3.8) is 0 Å². The molecule has 3 aliphatic heterocycles. The smallest absolute Gasteiger partial charge is 0.320 e. The lowest BCUT2D eigenvalue weighted by Crippen LogP contribution is -2.48. The van der Waals surface area contributed by atoms with Crippen LogP contribution in [0.4, 0.5) is 4.79 Å². The van der Waals surface area contributed by atoms with Gasteiger partial charge in [0.15, 0.2) is 0 Å². The second-order valence-corrected chi connectivity index (χ2v) is 7.26. The molecule has 0 bridgehead atoms. The lowest BCUT2D eigenvalue weighted by Gasteiger charge is -2.37. The van der Waals surface area contributed by atoms with Crippen molar-refractivity contribution in [1.82, 2.24) is 14.7 Å². The van der Waals surface area contributed by atoms with E-state index >= 15 is 0 Å². The van der Waals surface area contributed by atoms with Gasteiger partial charge in [-0.25, -0.2) is 4.79 Å². The molecule has 0 saturated carbocycles. The third-order valence-corrected chi connectivity index (χ3v) is 5.35. The first-order chi connectivity index (χ1) is 11.6. The molecular weight excluding hydrogens is 310 g/mol. The van der Waals surface area contributed by atoms with Crippen LogP contribution in [0.2, 0.25) is 0 Å². The van der Waals surface area contributed by atoms with Crippen molar-refractivity contribution >= 4 is 6.03 Å². The van der Waals surface area contributed by atoms with Crippen LogP contribution in [0.5, 0.6) is 0 Å². The van der Waals surface area contributed by atoms with Gasteiger partial charge in [-0.3, -0.25) is 0 Å². The summed E-state index contributed by atoms with van der Waals surface area (Å²) < 4.78 is 11.1. The molecule has 2 unspecified atom stereocenters. The molecule has 3 heterocycles. The van der Waals surface area contributed by atoms with E-state index in [1.165, 1.54) is 0 Å². The number of likely N-dealkylation sites (tertiary alicyclic amines) is 1. The van der Waals surface area contributed by atoms with Crippen LogP contribution >= 0.6 is 0 Å². The SMILES string of the molecule is CN1CCN(C2CCN(CC(O)COCC3CCCO3)CC2)C1=O. The minimum Gasteiger partial charge on any atom is -0.389 e. The zero-order chi connectivity index (χ0) is 16.9. The van der Waals surface area contributed by atoms with Gasteiger partial charge in [-0.2, -0.15) is 0 Å². The lowest BCUT2D eigenvalue weighted by atomic mass is 10.0. The fraction of sp³-hybridized carbons (Fsp3) is 0.941. The molecule has 0 aromatic rings. The van der Waals surface area contributed by atoms with Gasteiger partial charge in [-0.05, 0) is 25.7 Å². The highest BCUT2D eigenvalue weighted by Crippen LogP contribution is 2.21. The van der Waals surface area contributed by atoms with E-state index in [4.69, 9.17) is 9.47 Å². The molecule has 2 atom stereocenters. The molecule has 24 heavy (non-hydrogen) atoms. The number of β-amino-alcohol motifs (C(OH)–C–C–N with tert-alkyl or cyclic N) is 1.